The van der Waals surface area contributed by atoms with Crippen LogP contribution in [0.4, 0.5) is 4.79 Å². The number of amides is 2. The molecule has 1 unspecified atom stereocenters. The fourth-order valence-corrected chi connectivity index (χ4v) is 2.76. The van der Waals surface area contributed by atoms with Crippen LogP contribution in [0.15, 0.2) is 35.5 Å². The number of halogens is 1. The first-order valence-electron chi connectivity index (χ1n) is 5.85. The number of carbonyl (C=O) groups is 1. The maximum atomic E-state index is 11.7. The summed E-state index contributed by atoms with van der Waals surface area (Å²) < 4.78 is 36.3. The third kappa shape index (κ3) is 5.10. The Kier molecular flexibility index (Phi) is 6.88. The van der Waals surface area contributed by atoms with Crippen LogP contribution < -0.4 is 39.6 Å². The summed E-state index contributed by atoms with van der Waals surface area (Å²) in [5.41, 5.74) is 0.389. The molecule has 1 atom stereocenters. The molecule has 1 heterocycles. The first kappa shape index (κ1) is 19.8. The molecule has 11 heteroatoms. The van der Waals surface area contributed by atoms with Gasteiger partial charge in [0.1, 0.15) is 5.75 Å². The van der Waals surface area contributed by atoms with E-state index in [1.54, 1.807) is 18.2 Å². The van der Waals surface area contributed by atoms with Gasteiger partial charge in [0, 0.05) is 6.20 Å². The van der Waals surface area contributed by atoms with Crippen LogP contribution in [0.5, 0.6) is 5.75 Å². The molecule has 8 nitrogen and oxygen atoms in total. The van der Waals surface area contributed by atoms with Gasteiger partial charge in [-0.25, -0.2) is 4.79 Å². The number of nitrogens with zero attached hydrogens (tertiary/aromatic N) is 2. The van der Waals surface area contributed by atoms with Crippen LogP contribution in [0.25, 0.3) is 0 Å². The van der Waals surface area contributed by atoms with Crippen molar-refractivity contribution >= 4 is 27.8 Å². The van der Waals surface area contributed by atoms with Gasteiger partial charge in [-0.2, -0.15) is 13.7 Å². The van der Waals surface area contributed by atoms with E-state index in [4.69, 9.17) is 26.2 Å². The van der Waals surface area contributed by atoms with E-state index in [1.807, 2.05) is 11.4 Å². The van der Waals surface area contributed by atoms with Crippen molar-refractivity contribution in [1.29, 1.82) is 5.26 Å². The maximum Gasteiger partial charge on any atom is 1.00 e. The number of carbonyl (C=O) groups excluding carboxylic acids is 1. The van der Waals surface area contributed by atoms with Crippen molar-refractivity contribution in [1.82, 2.24) is 10.2 Å². The summed E-state index contributed by atoms with van der Waals surface area (Å²) in [6.45, 7) is -0.255. The molecule has 0 saturated heterocycles. The van der Waals surface area contributed by atoms with E-state index >= 15 is 0 Å². The van der Waals surface area contributed by atoms with Gasteiger partial charge in [-0.05, 0) is 18.2 Å². The second-order valence-corrected chi connectivity index (χ2v) is 6.18. The Morgan fingerprint density at radius 1 is 1.52 bits per heavy atom. The Bertz CT molecular complexity index is 783. The summed E-state index contributed by atoms with van der Waals surface area (Å²) in [4.78, 5) is 12.7. The molecule has 0 radical (unpaired) electrons. The molecule has 1 aliphatic rings. The van der Waals surface area contributed by atoms with E-state index in [0.29, 0.717) is 11.3 Å². The van der Waals surface area contributed by atoms with Crippen LogP contribution >= 0.6 is 11.6 Å². The van der Waals surface area contributed by atoms with Gasteiger partial charge in [0.15, 0.2) is 12.1 Å². The predicted octanol–water partition coefficient (Wildman–Crippen LogP) is -1.67. The standard InChI is InChI=1S/C12H10ClN3O5S.Na.H/c13-10-6-16(12(17)15-11(10)22(18,19)20)7-21-9-3-1-2-8(4-9)5-14;;/h1-4,6,11H,7H2,(H,15,17)(H,18,19,20);;/q;+1;-1. The van der Waals surface area contributed by atoms with Crippen LogP contribution in [0, 0.1) is 11.3 Å². The Morgan fingerprint density at radius 3 is 2.83 bits per heavy atom. The molecule has 1 aromatic carbocycles. The van der Waals surface area contributed by atoms with Crippen molar-refractivity contribution in [3.05, 3.63) is 41.1 Å². The van der Waals surface area contributed by atoms with Crippen molar-refractivity contribution in [2.45, 2.75) is 5.37 Å². The molecule has 2 N–H and O–H groups in total. The largest absolute Gasteiger partial charge is 1.00 e. The molecule has 2 amide bonds. The molecule has 118 valence electrons. The molecule has 0 fully saturated rings. The zero-order valence-electron chi connectivity index (χ0n) is 12.9. The topological polar surface area (TPSA) is 120 Å². The smallest absolute Gasteiger partial charge is 1.00 e. The summed E-state index contributed by atoms with van der Waals surface area (Å²) in [5, 5.41) is 8.83. The Balaban J connectivity index is 0.00000264. The summed E-state index contributed by atoms with van der Waals surface area (Å²) in [7, 11) is -4.54. The van der Waals surface area contributed by atoms with Gasteiger partial charge >= 0.3 is 35.6 Å². The number of rotatable bonds is 4. The fraction of sp³-hybridized carbons (Fsp3) is 0.167. The average molecular weight is 368 g/mol. The number of ether oxygens (including phenoxy) is 1. The molecular weight excluding hydrogens is 357 g/mol. The second-order valence-electron chi connectivity index (χ2n) is 4.24. The summed E-state index contributed by atoms with van der Waals surface area (Å²) >= 11 is 5.72. The predicted molar refractivity (Wildman–Crippen MR) is 77.4 cm³/mol. The molecule has 2 rings (SSSR count). The monoisotopic (exact) mass is 367 g/mol. The molecule has 1 aliphatic heterocycles. The first-order chi connectivity index (χ1) is 10.3. The van der Waals surface area contributed by atoms with Gasteiger partial charge in [0.05, 0.1) is 16.7 Å². The number of hydrogen-bond acceptors (Lipinski definition) is 5. The van der Waals surface area contributed by atoms with Gasteiger partial charge in [-0.3, -0.25) is 9.45 Å². The van der Waals surface area contributed by atoms with Crippen LogP contribution in [0.2, 0.25) is 0 Å². The van der Waals surface area contributed by atoms with Crippen molar-refractivity contribution in [2.75, 3.05) is 6.73 Å². The summed E-state index contributed by atoms with van der Waals surface area (Å²) in [6, 6.07) is 7.42. The normalized spacial score (nSPS) is 17.4. The molecule has 0 aliphatic carbocycles. The zero-order chi connectivity index (χ0) is 16.3. The minimum atomic E-state index is -4.54. The van der Waals surface area contributed by atoms with E-state index < -0.39 is 21.5 Å². The van der Waals surface area contributed by atoms with Crippen molar-refractivity contribution in [2.24, 2.45) is 0 Å². The van der Waals surface area contributed by atoms with E-state index in [0.717, 1.165) is 11.1 Å². The van der Waals surface area contributed by atoms with E-state index in [9.17, 15) is 13.2 Å². The quantitative estimate of drug-likeness (QED) is 0.485. The van der Waals surface area contributed by atoms with Gasteiger partial charge in [-0.15, -0.1) is 0 Å². The number of nitriles is 1. The molecule has 0 saturated carbocycles. The van der Waals surface area contributed by atoms with E-state index in [2.05, 4.69) is 0 Å². The first-order valence-corrected chi connectivity index (χ1v) is 7.73. The van der Waals surface area contributed by atoms with E-state index in [1.165, 1.54) is 6.07 Å². The van der Waals surface area contributed by atoms with E-state index in [-0.39, 0.29) is 42.7 Å². The maximum absolute atomic E-state index is 11.7. The Hall–Kier alpha value is -1.28. The zero-order valence-corrected chi connectivity index (χ0v) is 15.5. The van der Waals surface area contributed by atoms with Gasteiger partial charge in [-0.1, -0.05) is 17.7 Å². The third-order valence-electron chi connectivity index (χ3n) is 2.68. The Morgan fingerprint density at radius 2 is 2.22 bits per heavy atom. The number of urea groups is 1. The van der Waals surface area contributed by atoms with Crippen LogP contribution in [-0.4, -0.2) is 36.0 Å². The third-order valence-corrected chi connectivity index (χ3v) is 4.09. The molecule has 0 bridgehead atoms. The van der Waals surface area contributed by atoms with Crippen LogP contribution in [0.3, 0.4) is 0 Å². The van der Waals surface area contributed by atoms with Gasteiger partial charge in [0.25, 0.3) is 10.1 Å². The minimum Gasteiger partial charge on any atom is -1.00 e. The number of benzene rings is 1. The SMILES string of the molecule is N#Cc1cccc(OCN2C=C(Cl)C(S(=O)(=O)O)NC2=O)c1.[H-].[Na+]. The van der Waals surface area contributed by atoms with Crippen molar-refractivity contribution < 1.29 is 53.5 Å². The van der Waals surface area contributed by atoms with Crippen molar-refractivity contribution in [3.8, 4) is 11.8 Å². The second kappa shape index (κ2) is 8.01. The summed E-state index contributed by atoms with van der Waals surface area (Å²) in [6.07, 6.45) is 1.05. The minimum absolute atomic E-state index is 0. The molecule has 0 aromatic heterocycles. The summed E-state index contributed by atoms with van der Waals surface area (Å²) in [5.74, 6) is 0.355. The number of nitrogens with one attached hydrogen (secondary N) is 1. The molecule has 1 aromatic rings. The molecule has 0 spiro atoms. The van der Waals surface area contributed by atoms with Crippen LogP contribution in [0.1, 0.15) is 6.99 Å². The van der Waals surface area contributed by atoms with Gasteiger partial charge in [0.2, 0.25) is 0 Å². The van der Waals surface area contributed by atoms with Crippen molar-refractivity contribution in [3.63, 3.8) is 0 Å². The number of hydrogen-bond donors (Lipinski definition) is 2. The van der Waals surface area contributed by atoms with Gasteiger partial charge < -0.3 is 11.5 Å². The average Bonchev–Trinajstić information content (AvgIpc) is 2.46. The molecule has 23 heavy (non-hydrogen) atoms. The fourth-order valence-electron chi connectivity index (χ4n) is 1.65. The van der Waals surface area contributed by atoms with Crippen LogP contribution in [-0.2, 0) is 10.1 Å². The Labute approximate surface area is 161 Å². The molecular formula is C12H11ClN3NaO5S.